The highest BCUT2D eigenvalue weighted by molar-refractivity contribution is 7.92. The van der Waals surface area contributed by atoms with Crippen molar-refractivity contribution in [3.05, 3.63) is 59.7 Å². The molecular weight excluding hydrogens is 371 g/mol. The molecule has 0 spiro atoms. The Morgan fingerprint density at radius 3 is 2.46 bits per heavy atom. The van der Waals surface area contributed by atoms with E-state index in [4.69, 9.17) is 5.26 Å². The first-order valence-corrected chi connectivity index (χ1v) is 8.57. The Morgan fingerprint density at radius 1 is 1.12 bits per heavy atom. The zero-order valence-corrected chi connectivity index (χ0v) is 13.9. The molecule has 2 aromatic rings. The SMILES string of the molecule is N#Cc1cccc(NS(=O)(=O)c2cccc(C(=O)NCC(F)(F)F)c2)c1. The van der Waals surface area contributed by atoms with Crippen LogP contribution < -0.4 is 10.0 Å². The number of nitrogens with one attached hydrogen (secondary N) is 2. The van der Waals surface area contributed by atoms with Gasteiger partial charge in [-0.1, -0.05) is 12.1 Å². The number of amides is 1. The van der Waals surface area contributed by atoms with Crippen molar-refractivity contribution in [2.24, 2.45) is 0 Å². The predicted octanol–water partition coefficient (Wildman–Crippen LogP) is 2.65. The lowest BCUT2D eigenvalue weighted by Gasteiger charge is -2.11. The number of carbonyl (C=O) groups is 1. The molecule has 2 aromatic carbocycles. The van der Waals surface area contributed by atoms with Crippen LogP contribution in [0.2, 0.25) is 0 Å². The summed E-state index contributed by atoms with van der Waals surface area (Å²) < 4.78 is 63.5. The van der Waals surface area contributed by atoms with Gasteiger partial charge in [-0.3, -0.25) is 9.52 Å². The van der Waals surface area contributed by atoms with Crippen molar-refractivity contribution in [1.29, 1.82) is 5.26 Å². The number of nitrogens with zero attached hydrogens (tertiary/aromatic N) is 1. The third-order valence-corrected chi connectivity index (χ3v) is 4.48. The van der Waals surface area contributed by atoms with Crippen LogP contribution in [0.15, 0.2) is 53.4 Å². The van der Waals surface area contributed by atoms with Crippen LogP contribution in [0.1, 0.15) is 15.9 Å². The normalized spacial score (nSPS) is 11.5. The second-order valence-electron chi connectivity index (χ2n) is 5.12. The maximum Gasteiger partial charge on any atom is 0.405 e. The standard InChI is InChI=1S/C16H12F3N3O3S/c17-16(18,19)10-21-15(23)12-4-2-6-14(8-12)26(24,25)22-13-5-1-3-11(7-13)9-20/h1-8,22H,10H2,(H,21,23). The zero-order chi connectivity index (χ0) is 19.4. The van der Waals surface area contributed by atoms with Gasteiger partial charge in [0.25, 0.3) is 15.9 Å². The molecule has 0 aromatic heterocycles. The maximum absolute atomic E-state index is 12.4. The summed E-state index contributed by atoms with van der Waals surface area (Å²) >= 11 is 0. The molecule has 0 unspecified atom stereocenters. The smallest absolute Gasteiger partial charge is 0.343 e. The van der Waals surface area contributed by atoms with E-state index in [0.717, 1.165) is 6.07 Å². The second kappa shape index (κ2) is 7.45. The lowest BCUT2D eigenvalue weighted by atomic mass is 10.2. The lowest BCUT2D eigenvalue weighted by molar-refractivity contribution is -0.123. The molecule has 0 saturated carbocycles. The van der Waals surface area contributed by atoms with Gasteiger partial charge in [-0.05, 0) is 36.4 Å². The van der Waals surface area contributed by atoms with Gasteiger partial charge >= 0.3 is 6.18 Å². The van der Waals surface area contributed by atoms with Gasteiger partial charge in [0.1, 0.15) is 6.54 Å². The Hall–Kier alpha value is -3.06. The average Bonchev–Trinajstić information content (AvgIpc) is 2.59. The van der Waals surface area contributed by atoms with Gasteiger partial charge in [-0.15, -0.1) is 0 Å². The molecule has 0 heterocycles. The number of hydrogen-bond acceptors (Lipinski definition) is 4. The number of carbonyl (C=O) groups excluding carboxylic acids is 1. The first kappa shape index (κ1) is 19.3. The van der Waals surface area contributed by atoms with Gasteiger partial charge in [-0.25, -0.2) is 8.42 Å². The third kappa shape index (κ3) is 5.22. The fourth-order valence-electron chi connectivity index (χ4n) is 1.95. The molecule has 0 saturated heterocycles. The fraction of sp³-hybridized carbons (Fsp3) is 0.125. The first-order valence-electron chi connectivity index (χ1n) is 7.09. The summed E-state index contributed by atoms with van der Waals surface area (Å²) in [4.78, 5) is 11.4. The number of halogens is 3. The molecule has 10 heteroatoms. The molecule has 6 nitrogen and oxygen atoms in total. The van der Waals surface area contributed by atoms with E-state index in [1.807, 2.05) is 6.07 Å². The molecule has 136 valence electrons. The molecule has 26 heavy (non-hydrogen) atoms. The minimum Gasteiger partial charge on any atom is -0.343 e. The van der Waals surface area contributed by atoms with Gasteiger partial charge in [0.05, 0.1) is 22.2 Å². The minimum atomic E-state index is -4.58. The van der Waals surface area contributed by atoms with Gasteiger partial charge in [0, 0.05) is 5.56 Å². The van der Waals surface area contributed by atoms with Crippen molar-refractivity contribution in [2.45, 2.75) is 11.1 Å². The Bertz CT molecular complexity index is 966. The van der Waals surface area contributed by atoms with Crippen LogP contribution in [0, 0.1) is 11.3 Å². The quantitative estimate of drug-likeness (QED) is 0.829. The van der Waals surface area contributed by atoms with Crippen LogP contribution in [0.25, 0.3) is 0 Å². The van der Waals surface area contributed by atoms with E-state index in [1.54, 1.807) is 5.32 Å². The number of nitriles is 1. The molecule has 2 N–H and O–H groups in total. The highest BCUT2D eigenvalue weighted by Crippen LogP contribution is 2.18. The fourth-order valence-corrected chi connectivity index (χ4v) is 3.05. The van der Waals surface area contributed by atoms with E-state index in [2.05, 4.69) is 4.72 Å². The molecule has 2 rings (SSSR count). The summed E-state index contributed by atoms with van der Waals surface area (Å²) in [6.45, 7) is -1.53. The van der Waals surface area contributed by atoms with Crippen molar-refractivity contribution >= 4 is 21.6 Å². The van der Waals surface area contributed by atoms with Crippen molar-refractivity contribution in [1.82, 2.24) is 5.32 Å². The van der Waals surface area contributed by atoms with E-state index in [1.165, 1.54) is 42.5 Å². The van der Waals surface area contributed by atoms with Crippen molar-refractivity contribution < 1.29 is 26.4 Å². The van der Waals surface area contributed by atoms with Crippen LogP contribution in [0.4, 0.5) is 18.9 Å². The molecule has 0 aliphatic heterocycles. The maximum atomic E-state index is 12.4. The third-order valence-electron chi connectivity index (χ3n) is 3.10. The van der Waals surface area contributed by atoms with E-state index < -0.39 is 28.7 Å². The number of hydrogen-bond donors (Lipinski definition) is 2. The molecule has 1 amide bonds. The van der Waals surface area contributed by atoms with Crippen molar-refractivity contribution in [3.63, 3.8) is 0 Å². The van der Waals surface area contributed by atoms with Crippen LogP contribution in [0.3, 0.4) is 0 Å². The van der Waals surface area contributed by atoms with Gasteiger partial charge in [-0.2, -0.15) is 18.4 Å². The van der Waals surface area contributed by atoms with E-state index in [0.29, 0.717) is 0 Å². The van der Waals surface area contributed by atoms with E-state index in [9.17, 15) is 26.4 Å². The Balaban J connectivity index is 2.22. The summed E-state index contributed by atoms with van der Waals surface area (Å²) in [5, 5.41) is 10.5. The van der Waals surface area contributed by atoms with Crippen LogP contribution in [-0.2, 0) is 10.0 Å². The van der Waals surface area contributed by atoms with Crippen LogP contribution in [0.5, 0.6) is 0 Å². The molecule has 0 radical (unpaired) electrons. The lowest BCUT2D eigenvalue weighted by Crippen LogP contribution is -2.33. The molecular formula is C16H12F3N3O3S. The van der Waals surface area contributed by atoms with E-state index in [-0.39, 0.29) is 21.7 Å². The molecule has 0 aliphatic carbocycles. The summed E-state index contributed by atoms with van der Waals surface area (Å²) in [5.74, 6) is -1.05. The number of rotatable bonds is 5. The highest BCUT2D eigenvalue weighted by Gasteiger charge is 2.28. The number of alkyl halides is 3. The predicted molar refractivity (Wildman–Crippen MR) is 86.8 cm³/mol. The Labute approximate surface area is 147 Å². The summed E-state index contributed by atoms with van der Waals surface area (Å²) in [6.07, 6.45) is -4.58. The number of anilines is 1. The molecule has 0 atom stereocenters. The van der Waals surface area contributed by atoms with Crippen molar-refractivity contribution in [3.8, 4) is 6.07 Å². The first-order chi connectivity index (χ1) is 12.1. The summed E-state index contributed by atoms with van der Waals surface area (Å²) in [5.41, 5.74) is 0.143. The topological polar surface area (TPSA) is 99.1 Å². The van der Waals surface area contributed by atoms with E-state index >= 15 is 0 Å². The van der Waals surface area contributed by atoms with Gasteiger partial charge in [0.2, 0.25) is 0 Å². The Morgan fingerprint density at radius 2 is 1.81 bits per heavy atom. The zero-order valence-electron chi connectivity index (χ0n) is 13.0. The van der Waals surface area contributed by atoms with Gasteiger partial charge in [0.15, 0.2) is 0 Å². The number of benzene rings is 2. The Kier molecular flexibility index (Phi) is 5.52. The summed E-state index contributed by atoms with van der Waals surface area (Å²) in [6, 6.07) is 12.2. The number of sulfonamides is 1. The van der Waals surface area contributed by atoms with Gasteiger partial charge < -0.3 is 5.32 Å². The minimum absolute atomic E-state index is 0.135. The molecule has 0 bridgehead atoms. The summed E-state index contributed by atoms with van der Waals surface area (Å²) in [7, 11) is -4.10. The van der Waals surface area contributed by atoms with Crippen LogP contribution >= 0.6 is 0 Å². The molecule has 0 aliphatic rings. The second-order valence-corrected chi connectivity index (χ2v) is 6.81. The largest absolute Gasteiger partial charge is 0.405 e. The molecule has 0 fully saturated rings. The highest BCUT2D eigenvalue weighted by atomic mass is 32.2. The van der Waals surface area contributed by atoms with Crippen molar-refractivity contribution in [2.75, 3.05) is 11.3 Å². The van der Waals surface area contributed by atoms with Crippen LogP contribution in [-0.4, -0.2) is 27.0 Å². The monoisotopic (exact) mass is 383 g/mol. The average molecular weight is 383 g/mol.